The molecule has 0 atom stereocenters. The number of pyridine rings is 1. The van der Waals surface area contributed by atoms with Crippen LogP contribution < -0.4 is 20.3 Å². The van der Waals surface area contributed by atoms with Crippen molar-refractivity contribution in [1.29, 1.82) is 0 Å². The third kappa shape index (κ3) is 3.68. The van der Waals surface area contributed by atoms with E-state index in [9.17, 15) is 9.59 Å². The van der Waals surface area contributed by atoms with Gasteiger partial charge in [0.1, 0.15) is 19.0 Å². The lowest BCUT2D eigenvalue weighted by Gasteiger charge is -2.19. The molecular weight excluding hydrogens is 372 g/mol. The van der Waals surface area contributed by atoms with E-state index in [1.165, 1.54) is 10.6 Å². The average molecular weight is 387 g/mol. The second kappa shape index (κ2) is 7.20. The topological polar surface area (TPSA) is 82.7 Å². The molecule has 1 amide bonds. The number of halogens is 1. The highest BCUT2D eigenvalue weighted by Gasteiger charge is 2.18. The number of rotatable bonds is 4. The lowest BCUT2D eigenvalue weighted by atomic mass is 10.2. The van der Waals surface area contributed by atoms with Gasteiger partial charge >= 0.3 is 0 Å². The maximum atomic E-state index is 12.5. The monoisotopic (exact) mass is 386 g/mol. The van der Waals surface area contributed by atoms with E-state index in [0.717, 1.165) is 0 Å². The Balaban J connectivity index is 1.50. The van der Waals surface area contributed by atoms with Crippen molar-refractivity contribution in [2.24, 2.45) is 0 Å². The molecule has 4 rings (SSSR count). The number of amides is 1. The highest BCUT2D eigenvalue weighted by Crippen LogP contribution is 2.38. The van der Waals surface area contributed by atoms with E-state index in [4.69, 9.17) is 25.5 Å². The van der Waals surface area contributed by atoms with Gasteiger partial charge in [-0.25, -0.2) is 0 Å². The zero-order valence-electron chi connectivity index (χ0n) is 14.1. The van der Waals surface area contributed by atoms with Crippen molar-refractivity contribution >= 4 is 23.2 Å². The SMILES string of the molecule is O=C(Nc1cc2c(cc1Cl)OCCO2)c1ccc(Cn2ccccc2=O)o1. The normalized spacial score (nSPS) is 12.6. The number of benzene rings is 1. The van der Waals surface area contributed by atoms with E-state index in [1.54, 1.807) is 42.6 Å². The van der Waals surface area contributed by atoms with Gasteiger partial charge in [-0.15, -0.1) is 0 Å². The summed E-state index contributed by atoms with van der Waals surface area (Å²) in [7, 11) is 0. The summed E-state index contributed by atoms with van der Waals surface area (Å²) in [6.07, 6.45) is 1.65. The van der Waals surface area contributed by atoms with Crippen molar-refractivity contribution in [1.82, 2.24) is 4.57 Å². The fraction of sp³-hybridized carbons (Fsp3) is 0.158. The summed E-state index contributed by atoms with van der Waals surface area (Å²) < 4.78 is 18.0. The van der Waals surface area contributed by atoms with Crippen molar-refractivity contribution in [3.63, 3.8) is 0 Å². The number of hydrogen-bond donors (Lipinski definition) is 1. The number of hydrogen-bond acceptors (Lipinski definition) is 5. The van der Waals surface area contributed by atoms with Crippen LogP contribution in [-0.2, 0) is 6.54 Å². The molecule has 138 valence electrons. The van der Waals surface area contributed by atoms with Crippen LogP contribution in [0.3, 0.4) is 0 Å². The summed E-state index contributed by atoms with van der Waals surface area (Å²) in [5, 5.41) is 3.03. The van der Waals surface area contributed by atoms with Gasteiger partial charge in [0.15, 0.2) is 17.3 Å². The first-order valence-electron chi connectivity index (χ1n) is 8.25. The summed E-state index contributed by atoms with van der Waals surface area (Å²) in [4.78, 5) is 24.2. The van der Waals surface area contributed by atoms with Crippen molar-refractivity contribution in [3.05, 3.63) is 75.6 Å². The first-order chi connectivity index (χ1) is 13.1. The molecule has 1 aromatic carbocycles. The van der Waals surface area contributed by atoms with Gasteiger partial charge in [-0.3, -0.25) is 9.59 Å². The molecule has 0 saturated heterocycles. The molecule has 0 unspecified atom stereocenters. The maximum Gasteiger partial charge on any atom is 0.291 e. The zero-order valence-corrected chi connectivity index (χ0v) is 14.9. The van der Waals surface area contributed by atoms with Gasteiger partial charge in [-0.1, -0.05) is 17.7 Å². The molecular formula is C19H15ClN2O5. The number of fused-ring (bicyclic) bond motifs is 1. The number of anilines is 1. The molecule has 1 aliphatic rings. The predicted octanol–water partition coefficient (Wildman–Crippen LogP) is 3.17. The molecule has 0 aliphatic carbocycles. The highest BCUT2D eigenvalue weighted by atomic mass is 35.5. The summed E-state index contributed by atoms with van der Waals surface area (Å²) in [5.74, 6) is 1.20. The Kier molecular flexibility index (Phi) is 4.60. The highest BCUT2D eigenvalue weighted by molar-refractivity contribution is 6.34. The van der Waals surface area contributed by atoms with Gasteiger partial charge in [0.2, 0.25) is 0 Å². The molecule has 27 heavy (non-hydrogen) atoms. The molecule has 3 aromatic rings. The molecule has 1 aliphatic heterocycles. The first kappa shape index (κ1) is 17.2. The molecule has 0 radical (unpaired) electrons. The van der Waals surface area contributed by atoms with Gasteiger partial charge in [-0.2, -0.15) is 0 Å². The zero-order chi connectivity index (χ0) is 18.8. The van der Waals surface area contributed by atoms with E-state index in [1.807, 2.05) is 0 Å². The Morgan fingerprint density at radius 1 is 1.11 bits per heavy atom. The van der Waals surface area contributed by atoms with Crippen LogP contribution in [-0.4, -0.2) is 23.7 Å². The summed E-state index contributed by atoms with van der Waals surface area (Å²) >= 11 is 6.20. The Morgan fingerprint density at radius 2 is 1.89 bits per heavy atom. The molecule has 1 N–H and O–H groups in total. The third-order valence-corrected chi connectivity index (χ3v) is 4.30. The number of nitrogens with one attached hydrogen (secondary N) is 1. The van der Waals surface area contributed by atoms with Crippen LogP contribution in [0.2, 0.25) is 5.02 Å². The number of ether oxygens (including phenoxy) is 2. The van der Waals surface area contributed by atoms with E-state index in [-0.39, 0.29) is 17.9 Å². The van der Waals surface area contributed by atoms with Crippen LogP contribution in [0.5, 0.6) is 11.5 Å². The minimum absolute atomic E-state index is 0.111. The van der Waals surface area contributed by atoms with Crippen molar-refractivity contribution in [2.45, 2.75) is 6.54 Å². The molecule has 8 heteroatoms. The number of furan rings is 1. The fourth-order valence-corrected chi connectivity index (χ4v) is 2.89. The minimum atomic E-state index is -0.458. The van der Waals surface area contributed by atoms with Gasteiger partial charge in [0.25, 0.3) is 11.5 Å². The second-order valence-corrected chi connectivity index (χ2v) is 6.27. The Labute approximate surface area is 159 Å². The molecule has 0 bridgehead atoms. The molecule has 0 fully saturated rings. The largest absolute Gasteiger partial charge is 0.486 e. The summed E-state index contributed by atoms with van der Waals surface area (Å²) in [6.45, 7) is 1.12. The Morgan fingerprint density at radius 3 is 2.67 bits per heavy atom. The molecule has 7 nitrogen and oxygen atoms in total. The van der Waals surface area contributed by atoms with Gasteiger partial charge in [-0.05, 0) is 18.2 Å². The third-order valence-electron chi connectivity index (χ3n) is 3.99. The second-order valence-electron chi connectivity index (χ2n) is 5.86. The molecule has 0 saturated carbocycles. The van der Waals surface area contributed by atoms with Crippen LogP contribution in [0, 0.1) is 0 Å². The quantitative estimate of drug-likeness (QED) is 0.744. The van der Waals surface area contributed by atoms with Gasteiger partial charge < -0.3 is 23.8 Å². The molecule has 3 heterocycles. The van der Waals surface area contributed by atoms with Crippen molar-refractivity contribution in [3.8, 4) is 11.5 Å². The van der Waals surface area contributed by atoms with Crippen molar-refractivity contribution < 1.29 is 18.7 Å². The van der Waals surface area contributed by atoms with Crippen LogP contribution in [0.4, 0.5) is 5.69 Å². The fourth-order valence-electron chi connectivity index (χ4n) is 2.69. The summed E-state index contributed by atoms with van der Waals surface area (Å²) in [5.41, 5.74) is 0.242. The van der Waals surface area contributed by atoms with Crippen LogP contribution >= 0.6 is 11.6 Å². The predicted molar refractivity (Wildman–Crippen MR) is 98.9 cm³/mol. The maximum absolute atomic E-state index is 12.5. The van der Waals surface area contributed by atoms with Crippen LogP contribution in [0.25, 0.3) is 0 Å². The average Bonchev–Trinajstić information content (AvgIpc) is 3.13. The smallest absolute Gasteiger partial charge is 0.291 e. The van der Waals surface area contributed by atoms with Gasteiger partial charge in [0.05, 0.1) is 17.3 Å². The lowest BCUT2D eigenvalue weighted by molar-refractivity contribution is 0.0994. The van der Waals surface area contributed by atoms with Crippen LogP contribution in [0.15, 0.2) is 57.9 Å². The number of aromatic nitrogens is 1. The van der Waals surface area contributed by atoms with Crippen molar-refractivity contribution in [2.75, 3.05) is 18.5 Å². The summed E-state index contributed by atoms with van der Waals surface area (Å²) in [6, 6.07) is 11.3. The molecule has 2 aromatic heterocycles. The number of carbonyl (C=O) groups excluding carboxylic acids is 1. The number of carbonyl (C=O) groups is 1. The Bertz CT molecular complexity index is 1060. The number of nitrogens with zero attached hydrogens (tertiary/aromatic N) is 1. The van der Waals surface area contributed by atoms with Crippen LogP contribution in [0.1, 0.15) is 16.3 Å². The van der Waals surface area contributed by atoms with E-state index < -0.39 is 5.91 Å². The Hall–Kier alpha value is -3.19. The standard InChI is InChI=1S/C19H15ClN2O5/c20-13-9-16-17(26-8-7-25-16)10-14(13)21-19(24)15-5-4-12(27-15)11-22-6-2-1-3-18(22)23/h1-6,9-10H,7-8,11H2,(H,21,24). The minimum Gasteiger partial charge on any atom is -0.486 e. The molecule has 0 spiro atoms. The first-order valence-corrected chi connectivity index (χ1v) is 8.62. The van der Waals surface area contributed by atoms with E-state index in [0.29, 0.717) is 41.2 Å². The van der Waals surface area contributed by atoms with E-state index >= 15 is 0 Å². The van der Waals surface area contributed by atoms with E-state index in [2.05, 4.69) is 5.32 Å². The lowest BCUT2D eigenvalue weighted by Crippen LogP contribution is -2.18. The van der Waals surface area contributed by atoms with Gasteiger partial charge in [0, 0.05) is 24.4 Å².